The van der Waals surface area contributed by atoms with Crippen LogP contribution in [0.3, 0.4) is 0 Å². The molecule has 3 N–H and O–H groups in total. The van der Waals surface area contributed by atoms with Crippen molar-refractivity contribution in [2.75, 3.05) is 30.4 Å². The first kappa shape index (κ1) is 16.4. The third-order valence-corrected chi connectivity index (χ3v) is 6.81. The standard InChI is InChI=1S/C20H27N3O3/c21-18-5-13-8-23(14-3-1-12(10-24)2-4-14)20(25)17(13)7-19(18)22-9-16-6-15(22)11-26-16/h5,7,12,14-16,24H,1-4,6,8-11,21H2/t12-,14-,15-,16-/m0/s1. The van der Waals surface area contributed by atoms with Crippen LogP contribution in [-0.2, 0) is 11.3 Å². The summed E-state index contributed by atoms with van der Waals surface area (Å²) in [7, 11) is 0. The molecule has 4 aliphatic rings. The molecular weight excluding hydrogens is 330 g/mol. The summed E-state index contributed by atoms with van der Waals surface area (Å²) in [5, 5.41) is 9.34. The summed E-state index contributed by atoms with van der Waals surface area (Å²) in [5.41, 5.74) is 10.0. The summed E-state index contributed by atoms with van der Waals surface area (Å²) < 4.78 is 5.70. The normalized spacial score (nSPS) is 33.2. The van der Waals surface area contributed by atoms with E-state index in [2.05, 4.69) is 4.90 Å². The minimum Gasteiger partial charge on any atom is -0.397 e. The van der Waals surface area contributed by atoms with E-state index in [4.69, 9.17) is 10.5 Å². The Morgan fingerprint density at radius 2 is 1.96 bits per heavy atom. The van der Waals surface area contributed by atoms with E-state index in [-0.39, 0.29) is 12.5 Å². The third-order valence-electron chi connectivity index (χ3n) is 6.81. The Hall–Kier alpha value is -1.79. The van der Waals surface area contributed by atoms with Crippen LogP contribution in [0.2, 0.25) is 0 Å². The van der Waals surface area contributed by atoms with Gasteiger partial charge in [0.25, 0.3) is 5.91 Å². The molecule has 6 nitrogen and oxygen atoms in total. The first-order valence-electron chi connectivity index (χ1n) is 9.86. The first-order valence-corrected chi connectivity index (χ1v) is 9.86. The fraction of sp³-hybridized carbons (Fsp3) is 0.650. The van der Waals surface area contributed by atoms with Crippen LogP contribution in [-0.4, -0.2) is 53.9 Å². The van der Waals surface area contributed by atoms with Crippen LogP contribution < -0.4 is 10.6 Å². The number of benzene rings is 1. The van der Waals surface area contributed by atoms with Crippen molar-refractivity contribution < 1.29 is 14.6 Å². The smallest absolute Gasteiger partial charge is 0.254 e. The maximum Gasteiger partial charge on any atom is 0.254 e. The van der Waals surface area contributed by atoms with Crippen LogP contribution in [0.1, 0.15) is 48.0 Å². The van der Waals surface area contributed by atoms with Crippen LogP contribution in [0.15, 0.2) is 12.1 Å². The molecule has 1 aromatic rings. The Labute approximate surface area is 153 Å². The van der Waals surface area contributed by atoms with E-state index in [0.29, 0.717) is 30.7 Å². The molecule has 0 unspecified atom stereocenters. The van der Waals surface area contributed by atoms with Gasteiger partial charge in [-0.3, -0.25) is 4.79 Å². The number of nitrogen functional groups attached to an aromatic ring is 1. The number of hydrogen-bond acceptors (Lipinski definition) is 5. The van der Waals surface area contributed by atoms with Gasteiger partial charge in [0.15, 0.2) is 0 Å². The number of aliphatic hydroxyl groups is 1. The van der Waals surface area contributed by atoms with Crippen LogP contribution in [0.5, 0.6) is 0 Å². The zero-order valence-corrected chi connectivity index (χ0v) is 15.1. The molecule has 1 aliphatic carbocycles. The predicted octanol–water partition coefficient (Wildman–Crippen LogP) is 1.75. The lowest BCUT2D eigenvalue weighted by Crippen LogP contribution is -2.38. The molecular formula is C20H27N3O3. The molecule has 1 amide bonds. The lowest BCUT2D eigenvalue weighted by Gasteiger charge is -2.34. The van der Waals surface area contributed by atoms with Crippen molar-refractivity contribution in [2.24, 2.45) is 5.92 Å². The van der Waals surface area contributed by atoms with Crippen molar-refractivity contribution in [1.82, 2.24) is 4.90 Å². The van der Waals surface area contributed by atoms with E-state index >= 15 is 0 Å². The Morgan fingerprint density at radius 1 is 1.15 bits per heavy atom. The van der Waals surface area contributed by atoms with Gasteiger partial charge in [-0.15, -0.1) is 0 Å². The maximum absolute atomic E-state index is 13.1. The summed E-state index contributed by atoms with van der Waals surface area (Å²) in [6.07, 6.45) is 5.35. The van der Waals surface area contributed by atoms with E-state index in [9.17, 15) is 9.90 Å². The highest BCUT2D eigenvalue weighted by molar-refractivity contribution is 6.00. The van der Waals surface area contributed by atoms with Gasteiger partial charge in [-0.25, -0.2) is 0 Å². The largest absolute Gasteiger partial charge is 0.397 e. The molecule has 6 heteroatoms. The Bertz CT molecular complexity index is 729. The molecule has 0 aromatic heterocycles. The van der Waals surface area contributed by atoms with Gasteiger partial charge in [-0.2, -0.15) is 0 Å². The average Bonchev–Trinajstić information content (AvgIpc) is 3.36. The van der Waals surface area contributed by atoms with Crippen LogP contribution in [0.4, 0.5) is 11.4 Å². The number of ether oxygens (including phenoxy) is 1. The minimum atomic E-state index is 0.148. The second kappa shape index (κ2) is 6.13. The van der Waals surface area contributed by atoms with Crippen molar-refractivity contribution in [3.8, 4) is 0 Å². The van der Waals surface area contributed by atoms with Crippen LogP contribution in [0, 0.1) is 5.92 Å². The molecule has 26 heavy (non-hydrogen) atoms. The van der Waals surface area contributed by atoms with Gasteiger partial charge in [0.05, 0.1) is 30.1 Å². The van der Waals surface area contributed by atoms with E-state index in [1.165, 1.54) is 0 Å². The van der Waals surface area contributed by atoms with Gasteiger partial charge in [-0.1, -0.05) is 0 Å². The van der Waals surface area contributed by atoms with Crippen LogP contribution >= 0.6 is 0 Å². The fourth-order valence-corrected chi connectivity index (χ4v) is 5.27. The summed E-state index contributed by atoms with van der Waals surface area (Å²) in [4.78, 5) is 17.4. The number of anilines is 2. The van der Waals surface area contributed by atoms with Crippen molar-refractivity contribution in [1.29, 1.82) is 0 Å². The van der Waals surface area contributed by atoms with Gasteiger partial charge in [-0.05, 0) is 55.7 Å². The SMILES string of the molecule is Nc1cc2c(cc1N1C[C@@H]3C[C@H]1CO3)C(=O)N([C@H]1CC[C@H](CO)CC1)C2. The van der Waals surface area contributed by atoms with Crippen molar-refractivity contribution in [2.45, 2.75) is 56.8 Å². The highest BCUT2D eigenvalue weighted by Gasteiger charge is 2.41. The molecule has 2 saturated heterocycles. The summed E-state index contributed by atoms with van der Waals surface area (Å²) >= 11 is 0. The lowest BCUT2D eigenvalue weighted by atomic mass is 9.86. The molecule has 3 aliphatic heterocycles. The highest BCUT2D eigenvalue weighted by atomic mass is 16.5. The number of amides is 1. The molecule has 2 atom stereocenters. The van der Waals surface area contributed by atoms with Gasteiger partial charge >= 0.3 is 0 Å². The highest BCUT2D eigenvalue weighted by Crippen LogP contribution is 2.40. The Balaban J connectivity index is 1.38. The van der Waals surface area contributed by atoms with E-state index < -0.39 is 0 Å². The molecule has 1 saturated carbocycles. The Kier molecular flexibility index (Phi) is 3.87. The second-order valence-corrected chi connectivity index (χ2v) is 8.36. The summed E-state index contributed by atoms with van der Waals surface area (Å²) in [5.74, 6) is 0.552. The lowest BCUT2D eigenvalue weighted by molar-refractivity contribution is 0.0609. The van der Waals surface area contributed by atoms with E-state index in [1.807, 2.05) is 17.0 Å². The number of carbonyl (C=O) groups is 1. The number of fused-ring (bicyclic) bond motifs is 3. The molecule has 3 heterocycles. The van der Waals surface area contributed by atoms with E-state index in [0.717, 1.165) is 67.8 Å². The van der Waals surface area contributed by atoms with Crippen molar-refractivity contribution in [3.05, 3.63) is 23.3 Å². The van der Waals surface area contributed by atoms with E-state index in [1.54, 1.807) is 0 Å². The number of rotatable bonds is 3. The monoisotopic (exact) mass is 357 g/mol. The topological polar surface area (TPSA) is 79.0 Å². The van der Waals surface area contributed by atoms with Gasteiger partial charge < -0.3 is 25.4 Å². The van der Waals surface area contributed by atoms with Gasteiger partial charge in [0, 0.05) is 31.3 Å². The molecule has 3 fully saturated rings. The molecule has 0 spiro atoms. The molecule has 2 bridgehead atoms. The quantitative estimate of drug-likeness (QED) is 0.806. The van der Waals surface area contributed by atoms with Crippen molar-refractivity contribution in [3.63, 3.8) is 0 Å². The number of morpholine rings is 1. The van der Waals surface area contributed by atoms with Gasteiger partial charge in [0.1, 0.15) is 0 Å². The Morgan fingerprint density at radius 3 is 2.62 bits per heavy atom. The maximum atomic E-state index is 13.1. The summed E-state index contributed by atoms with van der Waals surface area (Å²) in [6, 6.07) is 4.71. The number of nitrogens with two attached hydrogens (primary N) is 1. The molecule has 140 valence electrons. The molecule has 5 rings (SSSR count). The first-order chi connectivity index (χ1) is 12.6. The van der Waals surface area contributed by atoms with Gasteiger partial charge in [0.2, 0.25) is 0 Å². The average molecular weight is 357 g/mol. The van der Waals surface area contributed by atoms with Crippen molar-refractivity contribution >= 4 is 17.3 Å². The number of carbonyl (C=O) groups excluding carboxylic acids is 1. The zero-order chi connectivity index (χ0) is 17.8. The number of aliphatic hydroxyl groups excluding tert-OH is 1. The fourth-order valence-electron chi connectivity index (χ4n) is 5.27. The minimum absolute atomic E-state index is 0.148. The third kappa shape index (κ3) is 2.50. The zero-order valence-electron chi connectivity index (χ0n) is 15.1. The molecule has 0 radical (unpaired) electrons. The second-order valence-electron chi connectivity index (χ2n) is 8.36. The number of hydrogen-bond donors (Lipinski definition) is 2. The van der Waals surface area contributed by atoms with Crippen LogP contribution in [0.25, 0.3) is 0 Å². The molecule has 1 aromatic carbocycles. The number of nitrogens with zero attached hydrogens (tertiary/aromatic N) is 2. The summed E-state index contributed by atoms with van der Waals surface area (Å²) in [6.45, 7) is 2.57. The predicted molar refractivity (Wildman–Crippen MR) is 99.1 cm³/mol.